The third-order valence-electron chi connectivity index (χ3n) is 2.34. The van der Waals surface area contributed by atoms with Gasteiger partial charge in [-0.25, -0.2) is 0 Å². The number of para-hydroxylation sites is 1. The average molecular weight is 252 g/mol. The molecule has 0 heterocycles. The molecule has 0 radical (unpaired) electrons. The zero-order valence-corrected chi connectivity index (χ0v) is 11.7. The number of carbonyl (C=O) groups is 1. The second-order valence-electron chi connectivity index (χ2n) is 5.14. The van der Waals surface area contributed by atoms with Gasteiger partial charge in [0.1, 0.15) is 5.75 Å². The molecule has 0 fully saturated rings. The van der Waals surface area contributed by atoms with E-state index in [1.54, 1.807) is 12.1 Å². The Hall–Kier alpha value is -1.13. The Balaban J connectivity index is 2.29. The second-order valence-corrected chi connectivity index (χ2v) is 10.8. The zero-order valence-electron chi connectivity index (χ0n) is 10.7. The van der Waals surface area contributed by atoms with Gasteiger partial charge in [0, 0.05) is 14.7 Å². The van der Waals surface area contributed by atoms with Crippen molar-refractivity contribution in [2.24, 2.45) is 0 Å². The largest absolute Gasteiger partial charge is 0.467 e. The van der Waals surface area contributed by atoms with Crippen LogP contribution in [0.5, 0.6) is 5.75 Å². The Morgan fingerprint density at radius 2 is 1.94 bits per heavy atom. The molecule has 1 aromatic rings. The molecule has 0 aliphatic heterocycles. The summed E-state index contributed by atoms with van der Waals surface area (Å²) in [6.45, 7) is 7.84. The maximum absolute atomic E-state index is 10.7. The van der Waals surface area contributed by atoms with Crippen molar-refractivity contribution in [1.82, 2.24) is 0 Å². The van der Waals surface area contributed by atoms with E-state index in [1.807, 2.05) is 12.1 Å². The van der Waals surface area contributed by atoms with E-state index in [4.69, 9.17) is 9.47 Å². The van der Waals surface area contributed by atoms with Crippen LogP contribution < -0.4 is 4.74 Å². The molecule has 4 heteroatoms. The van der Waals surface area contributed by atoms with Gasteiger partial charge in [-0.15, -0.1) is 0 Å². The predicted octanol–water partition coefficient (Wildman–Crippen LogP) is 3.19. The average Bonchev–Trinajstić information content (AvgIpc) is 2.27. The highest BCUT2D eigenvalue weighted by molar-refractivity contribution is 6.76. The number of hydrogen-bond donors (Lipinski definition) is 0. The second kappa shape index (κ2) is 6.57. The van der Waals surface area contributed by atoms with Crippen molar-refractivity contribution in [3.8, 4) is 5.75 Å². The van der Waals surface area contributed by atoms with Crippen LogP contribution in [0, 0.1) is 0 Å². The Bertz CT molecular complexity index is 358. The van der Waals surface area contributed by atoms with E-state index in [2.05, 4.69) is 19.6 Å². The van der Waals surface area contributed by atoms with E-state index in [-0.39, 0.29) is 6.79 Å². The van der Waals surface area contributed by atoms with E-state index < -0.39 is 8.07 Å². The molecule has 0 aliphatic rings. The summed E-state index contributed by atoms with van der Waals surface area (Å²) in [5, 5.41) is 0. The molecule has 3 nitrogen and oxygen atoms in total. The molecule has 0 amide bonds. The lowest BCUT2D eigenvalue weighted by atomic mass is 10.2. The molecule has 0 unspecified atom stereocenters. The number of carbonyl (C=O) groups excluding carboxylic acids is 1. The van der Waals surface area contributed by atoms with Crippen LogP contribution in [-0.2, 0) is 4.74 Å². The van der Waals surface area contributed by atoms with Crippen LogP contribution in [0.25, 0.3) is 0 Å². The monoisotopic (exact) mass is 252 g/mol. The first-order valence-corrected chi connectivity index (χ1v) is 9.48. The number of aldehydes is 1. The van der Waals surface area contributed by atoms with Crippen molar-refractivity contribution in [2.75, 3.05) is 13.4 Å². The fourth-order valence-electron chi connectivity index (χ4n) is 1.25. The minimum Gasteiger partial charge on any atom is -0.467 e. The number of benzene rings is 1. The van der Waals surface area contributed by atoms with Crippen LogP contribution in [0.4, 0.5) is 0 Å². The van der Waals surface area contributed by atoms with Gasteiger partial charge in [-0.2, -0.15) is 0 Å². The lowest BCUT2D eigenvalue weighted by Crippen LogP contribution is -2.22. The van der Waals surface area contributed by atoms with E-state index in [0.29, 0.717) is 11.3 Å². The maximum Gasteiger partial charge on any atom is 0.189 e. The molecule has 0 atom stereocenters. The van der Waals surface area contributed by atoms with Gasteiger partial charge >= 0.3 is 0 Å². The SMILES string of the molecule is C[Si](C)(C)CCOCOc1ccccc1C=O. The van der Waals surface area contributed by atoms with Gasteiger partial charge in [-0.3, -0.25) is 4.79 Å². The topological polar surface area (TPSA) is 35.5 Å². The molecular weight excluding hydrogens is 232 g/mol. The molecule has 0 N–H and O–H groups in total. The summed E-state index contributed by atoms with van der Waals surface area (Å²) < 4.78 is 10.8. The third kappa shape index (κ3) is 5.65. The van der Waals surface area contributed by atoms with Gasteiger partial charge in [0.05, 0.1) is 5.56 Å². The fraction of sp³-hybridized carbons (Fsp3) is 0.462. The predicted molar refractivity (Wildman–Crippen MR) is 71.4 cm³/mol. The van der Waals surface area contributed by atoms with Crippen LogP contribution in [0.1, 0.15) is 10.4 Å². The van der Waals surface area contributed by atoms with Crippen LogP contribution in [0.15, 0.2) is 24.3 Å². The lowest BCUT2D eigenvalue weighted by molar-refractivity contribution is 0.0217. The first-order chi connectivity index (χ1) is 8.03. The van der Waals surface area contributed by atoms with E-state index in [0.717, 1.165) is 18.9 Å². The Labute approximate surface area is 104 Å². The van der Waals surface area contributed by atoms with Gasteiger partial charge in [-0.1, -0.05) is 31.8 Å². The molecule has 0 saturated carbocycles. The Morgan fingerprint density at radius 1 is 1.24 bits per heavy atom. The highest BCUT2D eigenvalue weighted by Crippen LogP contribution is 2.15. The molecule has 0 saturated heterocycles. The first kappa shape index (κ1) is 13.9. The minimum absolute atomic E-state index is 0.204. The van der Waals surface area contributed by atoms with E-state index in [9.17, 15) is 4.79 Å². The van der Waals surface area contributed by atoms with Crippen molar-refractivity contribution < 1.29 is 14.3 Å². The van der Waals surface area contributed by atoms with Crippen molar-refractivity contribution in [2.45, 2.75) is 25.7 Å². The van der Waals surface area contributed by atoms with Gasteiger partial charge in [0.15, 0.2) is 13.1 Å². The van der Waals surface area contributed by atoms with Crippen LogP contribution in [-0.4, -0.2) is 27.8 Å². The van der Waals surface area contributed by atoms with Crippen molar-refractivity contribution in [3.05, 3.63) is 29.8 Å². The standard InChI is InChI=1S/C13H20O3Si/c1-17(2,3)9-8-15-11-16-13-7-5-4-6-12(13)10-14/h4-7,10H,8-9,11H2,1-3H3. The number of ether oxygens (including phenoxy) is 2. The van der Waals surface area contributed by atoms with E-state index in [1.165, 1.54) is 0 Å². The fourth-order valence-corrected chi connectivity index (χ4v) is 2.01. The van der Waals surface area contributed by atoms with Gasteiger partial charge in [0.25, 0.3) is 0 Å². The van der Waals surface area contributed by atoms with Crippen LogP contribution in [0.3, 0.4) is 0 Å². The summed E-state index contributed by atoms with van der Waals surface area (Å²) in [6.07, 6.45) is 0.789. The summed E-state index contributed by atoms with van der Waals surface area (Å²) >= 11 is 0. The molecule has 94 valence electrons. The summed E-state index contributed by atoms with van der Waals surface area (Å²) in [4.78, 5) is 10.7. The molecule has 0 aromatic heterocycles. The normalized spacial score (nSPS) is 11.2. The van der Waals surface area contributed by atoms with Gasteiger partial charge in [0.2, 0.25) is 0 Å². The summed E-state index contributed by atoms with van der Waals surface area (Å²) in [7, 11) is -1.04. The van der Waals surface area contributed by atoms with E-state index >= 15 is 0 Å². The van der Waals surface area contributed by atoms with Crippen LogP contribution >= 0.6 is 0 Å². The lowest BCUT2D eigenvalue weighted by Gasteiger charge is -2.15. The quantitative estimate of drug-likeness (QED) is 0.323. The Morgan fingerprint density at radius 3 is 2.59 bits per heavy atom. The highest BCUT2D eigenvalue weighted by atomic mass is 28.3. The molecule has 0 spiro atoms. The van der Waals surface area contributed by atoms with Gasteiger partial charge in [-0.05, 0) is 18.2 Å². The molecule has 0 aliphatic carbocycles. The minimum atomic E-state index is -1.04. The Kier molecular flexibility index (Phi) is 5.38. The summed E-state index contributed by atoms with van der Waals surface area (Å²) in [5.74, 6) is 0.579. The third-order valence-corrected chi connectivity index (χ3v) is 4.04. The highest BCUT2D eigenvalue weighted by Gasteiger charge is 2.12. The number of hydrogen-bond acceptors (Lipinski definition) is 3. The summed E-state index contributed by atoms with van der Waals surface area (Å²) in [5.41, 5.74) is 0.557. The smallest absolute Gasteiger partial charge is 0.189 e. The number of rotatable bonds is 7. The summed E-state index contributed by atoms with van der Waals surface area (Å²) in [6, 6.07) is 8.26. The molecule has 17 heavy (non-hydrogen) atoms. The first-order valence-electron chi connectivity index (χ1n) is 5.78. The maximum atomic E-state index is 10.7. The van der Waals surface area contributed by atoms with Crippen LogP contribution in [0.2, 0.25) is 25.7 Å². The zero-order chi connectivity index (χ0) is 12.7. The van der Waals surface area contributed by atoms with Crippen molar-refractivity contribution in [1.29, 1.82) is 0 Å². The molecular formula is C13H20O3Si. The van der Waals surface area contributed by atoms with Crippen molar-refractivity contribution in [3.63, 3.8) is 0 Å². The molecule has 1 aromatic carbocycles. The molecule has 0 bridgehead atoms. The van der Waals surface area contributed by atoms with Gasteiger partial charge < -0.3 is 9.47 Å². The van der Waals surface area contributed by atoms with Crippen molar-refractivity contribution >= 4 is 14.4 Å². The molecule has 1 rings (SSSR count).